The molecule has 0 saturated carbocycles. The Morgan fingerprint density at radius 3 is 2.45 bits per heavy atom. The Bertz CT molecular complexity index is 1570. The number of ketones is 1. The van der Waals surface area contributed by atoms with E-state index >= 15 is 0 Å². The molecule has 0 radical (unpaired) electrons. The minimum atomic E-state index is -1.02. The van der Waals surface area contributed by atoms with Gasteiger partial charge in [-0.15, -0.1) is 10.2 Å². The van der Waals surface area contributed by atoms with Crippen molar-refractivity contribution in [2.75, 3.05) is 4.90 Å². The molecule has 0 bridgehead atoms. The lowest BCUT2D eigenvalue weighted by molar-refractivity contribution is -0.132. The van der Waals surface area contributed by atoms with Gasteiger partial charge in [-0.2, -0.15) is 0 Å². The predicted octanol–water partition coefficient (Wildman–Crippen LogP) is 7.21. The lowest BCUT2D eigenvalue weighted by atomic mass is 9.95. The Kier molecular flexibility index (Phi) is 7.54. The summed E-state index contributed by atoms with van der Waals surface area (Å²) in [6.07, 6.45) is 0. The number of halogens is 3. The summed E-state index contributed by atoms with van der Waals surface area (Å²) in [6, 6.07) is 16.5. The van der Waals surface area contributed by atoms with Gasteiger partial charge in [-0.3, -0.25) is 14.5 Å². The van der Waals surface area contributed by atoms with E-state index in [9.17, 15) is 19.1 Å². The Balaban J connectivity index is 1.52. The van der Waals surface area contributed by atoms with Crippen LogP contribution >= 0.6 is 46.3 Å². The van der Waals surface area contributed by atoms with E-state index in [1.165, 1.54) is 40.9 Å². The zero-order chi connectivity index (χ0) is 27.0. The fourth-order valence-corrected chi connectivity index (χ4v) is 6.42. The Labute approximate surface area is 235 Å². The molecule has 3 aromatic carbocycles. The maximum Gasteiger partial charge on any atom is 0.301 e. The third kappa shape index (κ3) is 5.19. The summed E-state index contributed by atoms with van der Waals surface area (Å²) in [4.78, 5) is 27.7. The van der Waals surface area contributed by atoms with Gasteiger partial charge >= 0.3 is 5.91 Å². The number of carbonyl (C=O) groups is 2. The van der Waals surface area contributed by atoms with E-state index < -0.39 is 23.5 Å². The number of aliphatic hydroxyl groups excluding tert-OH is 1. The van der Waals surface area contributed by atoms with E-state index in [4.69, 9.17) is 23.2 Å². The molecule has 1 unspecified atom stereocenters. The number of hydrogen-bond donors (Lipinski definition) is 1. The average Bonchev–Trinajstić information content (AvgIpc) is 3.46. The summed E-state index contributed by atoms with van der Waals surface area (Å²) in [5.74, 6) is -2.04. The van der Waals surface area contributed by atoms with Crippen molar-refractivity contribution in [3.63, 3.8) is 0 Å². The quantitative estimate of drug-likeness (QED) is 0.0845. The first-order valence-corrected chi connectivity index (χ1v) is 13.8. The summed E-state index contributed by atoms with van der Waals surface area (Å²) < 4.78 is 14.3. The van der Waals surface area contributed by atoms with Crippen LogP contribution in [0.3, 0.4) is 0 Å². The van der Waals surface area contributed by atoms with Gasteiger partial charge in [0.2, 0.25) is 5.13 Å². The topological polar surface area (TPSA) is 83.4 Å². The third-order valence-corrected chi connectivity index (χ3v) is 8.61. The zero-order valence-corrected chi connectivity index (χ0v) is 22.8. The van der Waals surface area contributed by atoms with Crippen molar-refractivity contribution in [2.24, 2.45) is 0 Å². The molecule has 1 aliphatic rings. The standard InChI is InChI=1S/C27H18Cl2FN3O3S2/c1-14-2-4-16(5-3-14)23(34)21-22(15-7-10-19(30)11-8-15)33(25(36)24(21)35)26-31-32-27(38-26)37-13-17-6-9-18(28)12-20(17)29/h2-12,22,34H,13H2,1H3/b23-21-. The molecular weight excluding hydrogens is 568 g/mol. The maximum absolute atomic E-state index is 13.7. The molecule has 1 atom stereocenters. The second-order valence-electron chi connectivity index (χ2n) is 8.46. The molecule has 1 fully saturated rings. The molecular formula is C27H18Cl2FN3O3S2. The van der Waals surface area contributed by atoms with Crippen LogP contribution in [0.5, 0.6) is 0 Å². The molecule has 1 saturated heterocycles. The van der Waals surface area contributed by atoms with Gasteiger partial charge in [0.1, 0.15) is 11.6 Å². The summed E-state index contributed by atoms with van der Waals surface area (Å²) in [5, 5.41) is 20.7. The fraction of sp³-hybridized carbons (Fsp3) is 0.111. The number of aliphatic hydroxyl groups is 1. The Morgan fingerprint density at radius 2 is 1.76 bits per heavy atom. The highest BCUT2D eigenvalue weighted by atomic mass is 35.5. The third-order valence-electron chi connectivity index (χ3n) is 5.92. The number of Topliss-reactive ketones (excluding diaryl/α,β-unsaturated/α-hetero) is 1. The van der Waals surface area contributed by atoms with Crippen LogP contribution in [0.2, 0.25) is 10.0 Å². The van der Waals surface area contributed by atoms with Crippen LogP contribution in [0.25, 0.3) is 5.76 Å². The van der Waals surface area contributed by atoms with Crippen molar-refractivity contribution in [2.45, 2.75) is 23.1 Å². The first kappa shape index (κ1) is 26.4. The van der Waals surface area contributed by atoms with Crippen molar-refractivity contribution >= 4 is 68.9 Å². The molecule has 2 heterocycles. The minimum absolute atomic E-state index is 0.109. The van der Waals surface area contributed by atoms with Crippen molar-refractivity contribution in [3.8, 4) is 0 Å². The van der Waals surface area contributed by atoms with Gasteiger partial charge in [0, 0.05) is 21.4 Å². The van der Waals surface area contributed by atoms with Crippen molar-refractivity contribution in [3.05, 3.63) is 110 Å². The summed E-state index contributed by atoms with van der Waals surface area (Å²) in [6.45, 7) is 1.90. The number of thioether (sulfide) groups is 1. The lowest BCUT2D eigenvalue weighted by Crippen LogP contribution is -2.29. The molecule has 5 rings (SSSR count). The van der Waals surface area contributed by atoms with E-state index in [-0.39, 0.29) is 16.5 Å². The number of anilines is 1. The van der Waals surface area contributed by atoms with Gasteiger partial charge in [0.05, 0.1) is 11.6 Å². The van der Waals surface area contributed by atoms with E-state index in [2.05, 4.69) is 10.2 Å². The van der Waals surface area contributed by atoms with E-state index in [0.717, 1.165) is 22.5 Å². The van der Waals surface area contributed by atoms with Crippen molar-refractivity contribution in [1.82, 2.24) is 10.2 Å². The highest BCUT2D eigenvalue weighted by molar-refractivity contribution is 8.00. The number of rotatable bonds is 6. The van der Waals surface area contributed by atoms with E-state index in [0.29, 0.717) is 31.3 Å². The maximum atomic E-state index is 13.7. The number of aromatic nitrogens is 2. The molecule has 1 aliphatic heterocycles. The normalized spacial score (nSPS) is 16.8. The lowest BCUT2D eigenvalue weighted by Gasteiger charge is -2.22. The SMILES string of the molecule is Cc1ccc(/C(O)=C2/C(=O)C(=O)N(c3nnc(SCc4ccc(Cl)cc4Cl)s3)C2c2ccc(F)cc2)cc1. The van der Waals surface area contributed by atoms with Gasteiger partial charge in [-0.25, -0.2) is 4.39 Å². The van der Waals surface area contributed by atoms with Crippen LogP contribution < -0.4 is 4.90 Å². The number of nitrogens with zero attached hydrogens (tertiary/aromatic N) is 3. The van der Waals surface area contributed by atoms with Gasteiger partial charge in [-0.1, -0.05) is 94.3 Å². The molecule has 0 aliphatic carbocycles. The molecule has 1 aromatic heterocycles. The summed E-state index contributed by atoms with van der Waals surface area (Å²) >= 11 is 14.7. The molecule has 38 heavy (non-hydrogen) atoms. The predicted molar refractivity (Wildman–Crippen MR) is 148 cm³/mol. The van der Waals surface area contributed by atoms with Crippen molar-refractivity contribution in [1.29, 1.82) is 0 Å². The number of hydrogen-bond acceptors (Lipinski definition) is 7. The van der Waals surface area contributed by atoms with Crippen LogP contribution in [0, 0.1) is 12.7 Å². The number of benzene rings is 3. The average molecular weight is 586 g/mol. The first-order valence-electron chi connectivity index (χ1n) is 11.3. The Hall–Kier alpha value is -3.24. The van der Waals surface area contributed by atoms with Crippen molar-refractivity contribution < 1.29 is 19.1 Å². The first-order chi connectivity index (χ1) is 18.2. The Morgan fingerprint density at radius 1 is 1.05 bits per heavy atom. The van der Waals surface area contributed by atoms with Gasteiger partial charge in [0.15, 0.2) is 4.34 Å². The minimum Gasteiger partial charge on any atom is -0.507 e. The van der Waals surface area contributed by atoms with Gasteiger partial charge in [0.25, 0.3) is 5.78 Å². The molecule has 0 spiro atoms. The highest BCUT2D eigenvalue weighted by Crippen LogP contribution is 2.44. The highest BCUT2D eigenvalue weighted by Gasteiger charge is 2.48. The monoisotopic (exact) mass is 585 g/mol. The molecule has 1 amide bonds. The smallest absolute Gasteiger partial charge is 0.301 e. The van der Waals surface area contributed by atoms with Gasteiger partial charge in [-0.05, 0) is 42.3 Å². The van der Waals surface area contributed by atoms with Gasteiger partial charge < -0.3 is 5.11 Å². The molecule has 4 aromatic rings. The number of amides is 1. The van der Waals surface area contributed by atoms with Crippen LogP contribution in [0.1, 0.15) is 28.3 Å². The van der Waals surface area contributed by atoms with Crippen LogP contribution in [-0.4, -0.2) is 27.0 Å². The summed E-state index contributed by atoms with van der Waals surface area (Å²) in [7, 11) is 0. The summed E-state index contributed by atoms with van der Waals surface area (Å²) in [5.41, 5.74) is 2.53. The largest absolute Gasteiger partial charge is 0.507 e. The second kappa shape index (κ2) is 10.9. The molecule has 1 N–H and O–H groups in total. The van der Waals surface area contributed by atoms with Crippen LogP contribution in [0.4, 0.5) is 9.52 Å². The fourth-order valence-electron chi connectivity index (χ4n) is 3.99. The zero-order valence-electron chi connectivity index (χ0n) is 19.7. The molecule has 11 heteroatoms. The van der Waals surface area contributed by atoms with E-state index in [1.54, 1.807) is 36.4 Å². The second-order valence-corrected chi connectivity index (χ2v) is 11.5. The number of carbonyl (C=O) groups excluding carboxylic acids is 2. The van der Waals surface area contributed by atoms with Crippen LogP contribution in [-0.2, 0) is 15.3 Å². The number of aryl methyl sites for hydroxylation is 1. The van der Waals surface area contributed by atoms with Crippen LogP contribution in [0.15, 0.2) is 76.6 Å². The molecule has 6 nitrogen and oxygen atoms in total. The van der Waals surface area contributed by atoms with E-state index in [1.807, 2.05) is 13.0 Å². The molecule has 192 valence electrons.